The Balaban J connectivity index is 1.45. The number of H-pyrrole nitrogens is 2. The maximum Gasteiger partial charge on any atom is 0.159 e. The molecule has 178 valence electrons. The van der Waals surface area contributed by atoms with E-state index in [0.717, 1.165) is 56.5 Å². The van der Waals surface area contributed by atoms with Crippen LogP contribution >= 0.6 is 0 Å². The predicted octanol–water partition coefficient (Wildman–Crippen LogP) is 5.13. The van der Waals surface area contributed by atoms with Gasteiger partial charge in [0.05, 0.1) is 34.6 Å². The van der Waals surface area contributed by atoms with E-state index in [1.54, 1.807) is 18.6 Å². The van der Waals surface area contributed by atoms with E-state index in [2.05, 4.69) is 41.1 Å². The summed E-state index contributed by atoms with van der Waals surface area (Å²) in [4.78, 5) is 23.6. The van der Waals surface area contributed by atoms with Gasteiger partial charge in [-0.15, -0.1) is 0 Å². The number of hydrogen-bond donors (Lipinski definition) is 2. The lowest BCUT2D eigenvalue weighted by Gasteiger charge is -2.10. The molecule has 0 saturated heterocycles. The second kappa shape index (κ2) is 8.62. The molecule has 5 heterocycles. The molecule has 6 rings (SSSR count). The van der Waals surface area contributed by atoms with Crippen LogP contribution in [0.3, 0.4) is 0 Å². The van der Waals surface area contributed by atoms with Gasteiger partial charge < -0.3 is 9.88 Å². The number of fused-ring (bicyclic) bond motifs is 2. The number of nitrogens with one attached hydrogen (secondary N) is 2. The minimum absolute atomic E-state index is 0.291. The fourth-order valence-corrected chi connectivity index (χ4v) is 4.48. The number of aromatic nitrogens is 7. The quantitative estimate of drug-likeness (QED) is 0.356. The maximum atomic E-state index is 14.1. The Bertz CT molecular complexity index is 1710. The zero-order chi connectivity index (χ0) is 24.8. The van der Waals surface area contributed by atoms with Crippen molar-refractivity contribution in [3.05, 3.63) is 78.3 Å². The molecule has 0 amide bonds. The van der Waals surface area contributed by atoms with Crippen molar-refractivity contribution in [2.24, 2.45) is 0 Å². The van der Waals surface area contributed by atoms with Crippen LogP contribution in [0, 0.1) is 12.7 Å². The molecule has 0 aliphatic carbocycles. The van der Waals surface area contributed by atoms with Crippen LogP contribution in [0.2, 0.25) is 0 Å². The van der Waals surface area contributed by atoms with Crippen molar-refractivity contribution in [2.45, 2.75) is 13.5 Å². The number of imidazole rings is 1. The van der Waals surface area contributed by atoms with E-state index < -0.39 is 0 Å². The predicted molar refractivity (Wildman–Crippen MR) is 138 cm³/mol. The fourth-order valence-electron chi connectivity index (χ4n) is 4.48. The van der Waals surface area contributed by atoms with E-state index in [1.165, 1.54) is 12.1 Å². The molecule has 1 aromatic carbocycles. The Morgan fingerprint density at radius 2 is 1.75 bits per heavy atom. The van der Waals surface area contributed by atoms with Gasteiger partial charge in [0.25, 0.3) is 0 Å². The topological polar surface area (TPSA) is 99.3 Å². The average molecular weight is 479 g/mol. The first-order valence-corrected chi connectivity index (χ1v) is 11.5. The largest absolute Gasteiger partial charge is 0.335 e. The van der Waals surface area contributed by atoms with Crippen LogP contribution in [0.4, 0.5) is 4.39 Å². The summed E-state index contributed by atoms with van der Waals surface area (Å²) in [7, 11) is 4.05. The number of benzene rings is 1. The van der Waals surface area contributed by atoms with Crippen LogP contribution in [0.15, 0.2) is 61.3 Å². The van der Waals surface area contributed by atoms with Crippen molar-refractivity contribution < 1.29 is 4.39 Å². The molecule has 36 heavy (non-hydrogen) atoms. The molecule has 0 atom stereocenters. The highest BCUT2D eigenvalue weighted by atomic mass is 19.1. The third-order valence-electron chi connectivity index (χ3n) is 6.01. The zero-order valence-electron chi connectivity index (χ0n) is 20.0. The highest BCUT2D eigenvalue weighted by Crippen LogP contribution is 2.32. The van der Waals surface area contributed by atoms with Gasteiger partial charge in [-0.2, -0.15) is 5.10 Å². The molecule has 9 heteroatoms. The Kier molecular flexibility index (Phi) is 5.26. The van der Waals surface area contributed by atoms with Crippen LogP contribution in [-0.2, 0) is 6.54 Å². The smallest absolute Gasteiger partial charge is 0.159 e. The van der Waals surface area contributed by atoms with Crippen LogP contribution < -0.4 is 0 Å². The fraction of sp³-hybridized carbons (Fsp3) is 0.148. The zero-order valence-corrected chi connectivity index (χ0v) is 20.0. The van der Waals surface area contributed by atoms with Crippen molar-refractivity contribution in [2.75, 3.05) is 14.1 Å². The van der Waals surface area contributed by atoms with E-state index in [-0.39, 0.29) is 5.82 Å². The first-order chi connectivity index (χ1) is 17.4. The normalized spacial score (nSPS) is 11.7. The number of halogens is 1. The number of hydrogen-bond acceptors (Lipinski definition) is 6. The van der Waals surface area contributed by atoms with Gasteiger partial charge in [-0.05, 0) is 62.0 Å². The average Bonchev–Trinajstić information content (AvgIpc) is 3.46. The van der Waals surface area contributed by atoms with Gasteiger partial charge in [0.2, 0.25) is 0 Å². The van der Waals surface area contributed by atoms with Gasteiger partial charge in [0.15, 0.2) is 5.82 Å². The van der Waals surface area contributed by atoms with Gasteiger partial charge in [-0.1, -0.05) is 6.07 Å². The second-order valence-electron chi connectivity index (χ2n) is 9.19. The SMILES string of the molecule is Cc1cc(F)cc(-c2cncc3[nH]c(-c4n[nH]c5cnc(-c6cncc(CN(C)C)c6)cc45)nc23)c1. The van der Waals surface area contributed by atoms with Crippen LogP contribution in [0.25, 0.3) is 55.8 Å². The van der Waals surface area contributed by atoms with Crippen molar-refractivity contribution >= 4 is 21.9 Å². The van der Waals surface area contributed by atoms with Crippen LogP contribution in [0.5, 0.6) is 0 Å². The molecule has 2 N–H and O–H groups in total. The lowest BCUT2D eigenvalue weighted by molar-refractivity contribution is 0.402. The minimum atomic E-state index is -0.291. The molecule has 0 spiro atoms. The second-order valence-corrected chi connectivity index (χ2v) is 9.19. The number of nitrogens with zero attached hydrogens (tertiary/aromatic N) is 6. The van der Waals surface area contributed by atoms with Gasteiger partial charge in [-0.3, -0.25) is 20.1 Å². The number of aromatic amines is 2. The Hall–Kier alpha value is -4.50. The summed E-state index contributed by atoms with van der Waals surface area (Å²) in [6.45, 7) is 2.66. The third-order valence-corrected chi connectivity index (χ3v) is 6.01. The Labute approximate surface area is 206 Å². The van der Waals surface area contributed by atoms with Gasteiger partial charge in [0, 0.05) is 41.6 Å². The molecule has 0 fully saturated rings. The maximum absolute atomic E-state index is 14.1. The van der Waals surface area contributed by atoms with Gasteiger partial charge >= 0.3 is 0 Å². The summed E-state index contributed by atoms with van der Waals surface area (Å²) in [5.41, 5.74) is 8.07. The van der Waals surface area contributed by atoms with Crippen molar-refractivity contribution in [1.29, 1.82) is 0 Å². The number of rotatable bonds is 5. The Morgan fingerprint density at radius 3 is 2.58 bits per heavy atom. The first kappa shape index (κ1) is 22.0. The van der Waals surface area contributed by atoms with Crippen molar-refractivity contribution in [3.63, 3.8) is 0 Å². The molecule has 0 bridgehead atoms. The molecule has 6 aromatic rings. The van der Waals surface area contributed by atoms with Crippen molar-refractivity contribution in [1.82, 2.24) is 40.0 Å². The monoisotopic (exact) mass is 478 g/mol. The molecule has 0 aliphatic heterocycles. The first-order valence-electron chi connectivity index (χ1n) is 11.5. The summed E-state index contributed by atoms with van der Waals surface area (Å²) < 4.78 is 14.1. The summed E-state index contributed by atoms with van der Waals surface area (Å²) in [6, 6.07) is 9.01. The molecule has 0 unspecified atom stereocenters. The summed E-state index contributed by atoms with van der Waals surface area (Å²) in [6.07, 6.45) is 8.87. The molecule has 0 saturated carbocycles. The molecule has 0 radical (unpaired) electrons. The van der Waals surface area contributed by atoms with E-state index in [1.807, 2.05) is 45.5 Å². The van der Waals surface area contributed by atoms with Crippen LogP contribution in [-0.4, -0.2) is 54.1 Å². The minimum Gasteiger partial charge on any atom is -0.335 e. The van der Waals surface area contributed by atoms with Gasteiger partial charge in [-0.25, -0.2) is 9.37 Å². The molecular formula is C27H23FN8. The van der Waals surface area contributed by atoms with Gasteiger partial charge in [0.1, 0.15) is 11.5 Å². The summed E-state index contributed by atoms with van der Waals surface area (Å²) in [5.74, 6) is 0.301. The standard InChI is InChI=1S/C27H23FN8/c1-15-4-17(7-19(28)5-15)21-11-30-12-24-25(21)33-27(32-24)26-20-8-22(31-13-23(20)34-35-26)18-6-16(9-29-10-18)14-36(2)3/h4-13H,14H2,1-3H3,(H,32,33)(H,34,35). The molecule has 8 nitrogen and oxygen atoms in total. The highest BCUT2D eigenvalue weighted by molar-refractivity contribution is 5.97. The number of aryl methyl sites for hydroxylation is 1. The number of pyridine rings is 3. The molecule has 0 aliphatic rings. The Morgan fingerprint density at radius 1 is 0.889 bits per heavy atom. The van der Waals surface area contributed by atoms with E-state index in [0.29, 0.717) is 17.0 Å². The lowest BCUT2D eigenvalue weighted by atomic mass is 10.0. The highest BCUT2D eigenvalue weighted by Gasteiger charge is 2.17. The van der Waals surface area contributed by atoms with E-state index in [9.17, 15) is 4.39 Å². The lowest BCUT2D eigenvalue weighted by Crippen LogP contribution is -2.10. The van der Waals surface area contributed by atoms with E-state index in [4.69, 9.17) is 4.98 Å². The molecular weight excluding hydrogens is 455 g/mol. The van der Waals surface area contributed by atoms with E-state index >= 15 is 0 Å². The van der Waals surface area contributed by atoms with Crippen molar-refractivity contribution in [3.8, 4) is 33.9 Å². The third kappa shape index (κ3) is 3.99. The van der Waals surface area contributed by atoms with Crippen LogP contribution in [0.1, 0.15) is 11.1 Å². The summed E-state index contributed by atoms with van der Waals surface area (Å²) in [5, 5.41) is 8.45. The summed E-state index contributed by atoms with van der Waals surface area (Å²) >= 11 is 0. The molecule has 5 aromatic heterocycles.